The van der Waals surface area contributed by atoms with Crippen molar-refractivity contribution < 1.29 is 14.6 Å². The van der Waals surface area contributed by atoms with Gasteiger partial charge < -0.3 is 19.1 Å². The van der Waals surface area contributed by atoms with E-state index in [-0.39, 0.29) is 17.1 Å². The summed E-state index contributed by atoms with van der Waals surface area (Å²) >= 11 is 0. The van der Waals surface area contributed by atoms with Gasteiger partial charge in [-0.1, -0.05) is 52.4 Å². The molecule has 1 N–H and O–H groups in total. The largest absolute Gasteiger partial charge is 0.504 e. The van der Waals surface area contributed by atoms with Crippen LogP contribution in [-0.2, 0) is 6.54 Å². The van der Waals surface area contributed by atoms with E-state index in [1.54, 1.807) is 10.6 Å². The topological polar surface area (TPSA) is 60.7 Å². The van der Waals surface area contributed by atoms with Crippen molar-refractivity contribution in [3.8, 4) is 17.2 Å². The Balaban J connectivity index is 2.17. The lowest BCUT2D eigenvalue weighted by Gasteiger charge is -2.15. The summed E-state index contributed by atoms with van der Waals surface area (Å²) in [7, 11) is 1.41. The first-order valence-corrected chi connectivity index (χ1v) is 10.2. The summed E-state index contributed by atoms with van der Waals surface area (Å²) in [6, 6.07) is 5.49. The van der Waals surface area contributed by atoms with Crippen LogP contribution >= 0.6 is 0 Å². The lowest BCUT2D eigenvalue weighted by molar-refractivity contribution is 0.304. The van der Waals surface area contributed by atoms with Crippen molar-refractivity contribution in [1.29, 1.82) is 0 Å². The minimum absolute atomic E-state index is 0.000601. The highest BCUT2D eigenvalue weighted by atomic mass is 16.5. The monoisotopic (exact) mass is 375 g/mol. The van der Waals surface area contributed by atoms with Crippen molar-refractivity contribution in [2.24, 2.45) is 0 Å². The van der Waals surface area contributed by atoms with Gasteiger partial charge in [0.25, 0.3) is 5.56 Å². The molecule has 0 bridgehead atoms. The van der Waals surface area contributed by atoms with Crippen LogP contribution in [0.15, 0.2) is 23.0 Å². The maximum absolute atomic E-state index is 12.7. The molecule has 0 amide bonds. The SMILES string of the molecule is CCCCCCCCOc1ccc2c(O)c(OC)c(=O)n(CCCC)c2c1. The van der Waals surface area contributed by atoms with Gasteiger partial charge in [-0.15, -0.1) is 0 Å². The summed E-state index contributed by atoms with van der Waals surface area (Å²) < 4.78 is 12.7. The standard InChI is InChI=1S/C22H33NO4/c1-4-6-8-9-10-11-15-27-17-12-13-18-19(16-17)23(14-7-5-2)22(25)21(26-3)20(18)24/h12-13,16,24H,4-11,14-15H2,1-3H3. The van der Waals surface area contributed by atoms with E-state index >= 15 is 0 Å². The molecule has 5 nitrogen and oxygen atoms in total. The number of benzene rings is 1. The minimum Gasteiger partial charge on any atom is -0.504 e. The Kier molecular flexibility index (Phi) is 8.49. The fourth-order valence-corrected chi connectivity index (χ4v) is 3.27. The quantitative estimate of drug-likeness (QED) is 0.514. The second-order valence-corrected chi connectivity index (χ2v) is 6.99. The van der Waals surface area contributed by atoms with Crippen molar-refractivity contribution in [2.75, 3.05) is 13.7 Å². The molecule has 0 radical (unpaired) electrons. The molecule has 2 aromatic rings. The molecule has 5 heteroatoms. The second kappa shape index (κ2) is 10.9. The number of rotatable bonds is 12. The van der Waals surface area contributed by atoms with Crippen molar-refractivity contribution in [3.05, 3.63) is 28.6 Å². The fourth-order valence-electron chi connectivity index (χ4n) is 3.27. The molecule has 150 valence electrons. The number of fused-ring (bicyclic) bond motifs is 1. The van der Waals surface area contributed by atoms with Gasteiger partial charge in [0.2, 0.25) is 5.75 Å². The number of hydrogen-bond acceptors (Lipinski definition) is 4. The third kappa shape index (κ3) is 5.41. The molecule has 1 aromatic carbocycles. The molecular weight excluding hydrogens is 342 g/mol. The van der Waals surface area contributed by atoms with Gasteiger partial charge in [-0.2, -0.15) is 0 Å². The van der Waals surface area contributed by atoms with E-state index in [4.69, 9.17) is 9.47 Å². The molecule has 0 saturated carbocycles. The van der Waals surface area contributed by atoms with Crippen LogP contribution in [0, 0.1) is 0 Å². The average molecular weight is 376 g/mol. The molecule has 0 fully saturated rings. The number of ether oxygens (including phenoxy) is 2. The van der Waals surface area contributed by atoms with Gasteiger partial charge in [0.05, 0.1) is 19.2 Å². The molecule has 0 aliphatic heterocycles. The zero-order valence-electron chi connectivity index (χ0n) is 16.9. The molecule has 1 heterocycles. The molecule has 1 aromatic heterocycles. The van der Waals surface area contributed by atoms with E-state index in [0.717, 1.165) is 25.0 Å². The highest BCUT2D eigenvalue weighted by Crippen LogP contribution is 2.33. The van der Waals surface area contributed by atoms with Gasteiger partial charge in [0.15, 0.2) is 5.75 Å². The van der Waals surface area contributed by atoms with Crippen LogP contribution in [-0.4, -0.2) is 23.4 Å². The zero-order valence-corrected chi connectivity index (χ0v) is 16.9. The Hall–Kier alpha value is -2.17. The van der Waals surface area contributed by atoms with Gasteiger partial charge in [-0.3, -0.25) is 4.79 Å². The summed E-state index contributed by atoms with van der Waals surface area (Å²) in [5.74, 6) is 0.623. The maximum atomic E-state index is 12.7. The molecule has 0 atom stereocenters. The Morgan fingerprint density at radius 2 is 1.70 bits per heavy atom. The third-order valence-electron chi connectivity index (χ3n) is 4.88. The number of aromatic hydroxyl groups is 1. The lowest BCUT2D eigenvalue weighted by atomic mass is 10.1. The van der Waals surface area contributed by atoms with E-state index in [1.165, 1.54) is 39.2 Å². The van der Waals surface area contributed by atoms with Crippen LogP contribution in [0.5, 0.6) is 17.2 Å². The molecule has 27 heavy (non-hydrogen) atoms. The Morgan fingerprint density at radius 1 is 1.00 bits per heavy atom. The smallest absolute Gasteiger partial charge is 0.297 e. The number of unbranched alkanes of at least 4 members (excludes halogenated alkanes) is 6. The van der Waals surface area contributed by atoms with Crippen LogP contribution in [0.1, 0.15) is 65.2 Å². The number of pyridine rings is 1. The van der Waals surface area contributed by atoms with Gasteiger partial charge in [0.1, 0.15) is 5.75 Å². The summed E-state index contributed by atoms with van der Waals surface area (Å²) in [6.45, 7) is 5.55. The van der Waals surface area contributed by atoms with E-state index in [1.807, 2.05) is 12.1 Å². The first-order chi connectivity index (χ1) is 13.1. The summed E-state index contributed by atoms with van der Waals surface area (Å²) in [5.41, 5.74) is 0.385. The van der Waals surface area contributed by atoms with Crippen molar-refractivity contribution >= 4 is 10.9 Å². The number of hydrogen-bond donors (Lipinski definition) is 1. The van der Waals surface area contributed by atoms with Crippen LogP contribution in [0.4, 0.5) is 0 Å². The van der Waals surface area contributed by atoms with Crippen molar-refractivity contribution in [2.45, 2.75) is 71.8 Å². The molecule has 0 spiro atoms. The summed E-state index contributed by atoms with van der Waals surface area (Å²) in [4.78, 5) is 12.7. The van der Waals surface area contributed by atoms with Gasteiger partial charge in [0, 0.05) is 18.0 Å². The van der Waals surface area contributed by atoms with E-state index in [9.17, 15) is 9.90 Å². The average Bonchev–Trinajstić information content (AvgIpc) is 2.67. The molecule has 0 aliphatic rings. The Bertz CT molecular complexity index is 782. The summed E-state index contributed by atoms with van der Waals surface area (Å²) in [5, 5.41) is 11.0. The number of methoxy groups -OCH3 is 1. The molecule has 0 unspecified atom stereocenters. The first kappa shape index (κ1) is 21.1. The first-order valence-electron chi connectivity index (χ1n) is 10.2. The second-order valence-electron chi connectivity index (χ2n) is 6.99. The zero-order chi connectivity index (χ0) is 19.6. The van der Waals surface area contributed by atoms with Gasteiger partial charge in [-0.05, 0) is 25.0 Å². The van der Waals surface area contributed by atoms with Gasteiger partial charge >= 0.3 is 0 Å². The molecule has 0 aliphatic carbocycles. The third-order valence-corrected chi connectivity index (χ3v) is 4.88. The summed E-state index contributed by atoms with van der Waals surface area (Å²) in [6.07, 6.45) is 9.15. The van der Waals surface area contributed by atoms with E-state index in [2.05, 4.69) is 13.8 Å². The van der Waals surface area contributed by atoms with Crippen LogP contribution < -0.4 is 15.0 Å². The van der Waals surface area contributed by atoms with E-state index in [0.29, 0.717) is 24.1 Å². The molecule has 0 saturated heterocycles. The van der Waals surface area contributed by atoms with Crippen molar-refractivity contribution in [1.82, 2.24) is 4.57 Å². The minimum atomic E-state index is -0.302. The van der Waals surface area contributed by atoms with Crippen molar-refractivity contribution in [3.63, 3.8) is 0 Å². The number of aromatic nitrogens is 1. The van der Waals surface area contributed by atoms with Crippen LogP contribution in [0.2, 0.25) is 0 Å². The highest BCUT2D eigenvalue weighted by Gasteiger charge is 2.17. The maximum Gasteiger partial charge on any atom is 0.297 e. The van der Waals surface area contributed by atoms with E-state index < -0.39 is 0 Å². The lowest BCUT2D eigenvalue weighted by Crippen LogP contribution is -2.22. The normalized spacial score (nSPS) is 11.1. The highest BCUT2D eigenvalue weighted by molar-refractivity contribution is 5.88. The number of aryl methyl sites for hydroxylation is 1. The molecular formula is C22H33NO4. The number of nitrogens with zero attached hydrogens (tertiary/aromatic N) is 1. The predicted molar refractivity (Wildman–Crippen MR) is 110 cm³/mol. The van der Waals surface area contributed by atoms with Crippen LogP contribution in [0.3, 0.4) is 0 Å². The Morgan fingerprint density at radius 3 is 2.41 bits per heavy atom. The van der Waals surface area contributed by atoms with Crippen LogP contribution in [0.25, 0.3) is 10.9 Å². The van der Waals surface area contributed by atoms with Gasteiger partial charge in [-0.25, -0.2) is 0 Å². The predicted octanol–water partition coefficient (Wildman–Crippen LogP) is 5.26. The molecule has 2 rings (SSSR count). The Labute approximate surface area is 161 Å². The fraction of sp³-hybridized carbons (Fsp3) is 0.591.